The number of H-pyrrole nitrogens is 1. The Hall–Kier alpha value is -1.59. The van der Waals surface area contributed by atoms with Gasteiger partial charge in [-0.15, -0.1) is 0 Å². The highest BCUT2D eigenvalue weighted by Gasteiger charge is 2.43. The van der Waals surface area contributed by atoms with Gasteiger partial charge in [0, 0.05) is 18.4 Å². The second kappa shape index (κ2) is 4.75. The lowest BCUT2D eigenvalue weighted by Gasteiger charge is -2.31. The maximum atomic E-state index is 6.19. The summed E-state index contributed by atoms with van der Waals surface area (Å²) >= 11 is 0. The summed E-state index contributed by atoms with van der Waals surface area (Å²) in [5.74, 6) is -0.343. The van der Waals surface area contributed by atoms with E-state index in [1.807, 2.05) is 12.1 Å². The molecule has 1 saturated carbocycles. The quantitative estimate of drug-likeness (QED) is 0.911. The molecule has 1 aliphatic carbocycles. The molecule has 2 fully saturated rings. The van der Waals surface area contributed by atoms with Gasteiger partial charge in [0.25, 0.3) is 0 Å². The Morgan fingerprint density at radius 3 is 2.95 bits per heavy atom. The van der Waals surface area contributed by atoms with Crippen LogP contribution in [0, 0.1) is 0 Å². The Labute approximate surface area is 117 Å². The van der Waals surface area contributed by atoms with Gasteiger partial charge in [-0.25, -0.2) is 0 Å². The van der Waals surface area contributed by atoms with Gasteiger partial charge >= 0.3 is 0 Å². The molecule has 2 aliphatic rings. The minimum Gasteiger partial charge on any atom is -0.472 e. The largest absolute Gasteiger partial charge is 0.472 e. The van der Waals surface area contributed by atoms with Gasteiger partial charge in [-0.2, -0.15) is 5.10 Å². The lowest BCUT2D eigenvalue weighted by atomic mass is 9.94. The minimum atomic E-state index is -0.343. The summed E-state index contributed by atoms with van der Waals surface area (Å²) in [6, 6.07) is 3.91. The number of hydrogen-bond donors (Lipinski definition) is 1. The highest BCUT2D eigenvalue weighted by atomic mass is 16.7. The summed E-state index contributed by atoms with van der Waals surface area (Å²) in [6.45, 7) is 0.604. The first-order valence-electron chi connectivity index (χ1n) is 7.24. The highest BCUT2D eigenvalue weighted by Crippen LogP contribution is 2.42. The predicted octanol–water partition coefficient (Wildman–Crippen LogP) is 3.42. The van der Waals surface area contributed by atoms with E-state index in [0.29, 0.717) is 6.61 Å². The first kappa shape index (κ1) is 12.2. The number of ether oxygens (including phenoxy) is 2. The Bertz CT molecular complexity index is 570. The SMILES string of the molecule is c1cc(-c2cc(C3COC4(CCCCC4)O3)[nH]n2)co1. The van der Waals surface area contributed by atoms with E-state index in [0.717, 1.165) is 29.8 Å². The summed E-state index contributed by atoms with van der Waals surface area (Å²) < 4.78 is 17.2. The van der Waals surface area contributed by atoms with Crippen LogP contribution in [0.5, 0.6) is 0 Å². The molecule has 0 radical (unpaired) electrons. The number of aromatic nitrogens is 2. The molecule has 3 heterocycles. The topological polar surface area (TPSA) is 60.3 Å². The van der Waals surface area contributed by atoms with Crippen molar-refractivity contribution in [3.63, 3.8) is 0 Å². The molecule has 1 atom stereocenters. The van der Waals surface area contributed by atoms with E-state index in [1.54, 1.807) is 12.5 Å². The van der Waals surface area contributed by atoms with Crippen LogP contribution in [0.4, 0.5) is 0 Å². The van der Waals surface area contributed by atoms with Gasteiger partial charge < -0.3 is 13.9 Å². The minimum absolute atomic E-state index is 0.0405. The Kier molecular flexibility index (Phi) is 2.89. The number of nitrogens with zero attached hydrogens (tertiary/aromatic N) is 1. The van der Waals surface area contributed by atoms with Crippen molar-refractivity contribution in [2.24, 2.45) is 0 Å². The third kappa shape index (κ3) is 2.07. The third-order valence-corrected chi connectivity index (χ3v) is 4.23. The van der Waals surface area contributed by atoms with Crippen LogP contribution >= 0.6 is 0 Å². The molecule has 0 bridgehead atoms. The van der Waals surface area contributed by atoms with Crippen LogP contribution < -0.4 is 0 Å². The lowest BCUT2D eigenvalue weighted by Crippen LogP contribution is -2.32. The molecule has 20 heavy (non-hydrogen) atoms. The zero-order valence-corrected chi connectivity index (χ0v) is 11.3. The van der Waals surface area contributed by atoms with Crippen molar-refractivity contribution in [3.05, 3.63) is 30.4 Å². The number of furan rings is 1. The molecule has 0 aromatic carbocycles. The molecule has 5 nitrogen and oxygen atoms in total. The predicted molar refractivity (Wildman–Crippen MR) is 71.9 cm³/mol. The number of nitrogens with one attached hydrogen (secondary N) is 1. The maximum absolute atomic E-state index is 6.19. The van der Waals surface area contributed by atoms with E-state index in [-0.39, 0.29) is 11.9 Å². The molecule has 1 N–H and O–H groups in total. The second-order valence-corrected chi connectivity index (χ2v) is 5.61. The molecule has 2 aromatic heterocycles. The first-order valence-corrected chi connectivity index (χ1v) is 7.24. The van der Waals surface area contributed by atoms with Crippen molar-refractivity contribution in [1.82, 2.24) is 10.2 Å². The number of rotatable bonds is 2. The van der Waals surface area contributed by atoms with Gasteiger partial charge in [-0.1, -0.05) is 6.42 Å². The average Bonchev–Trinajstić information content (AvgIpc) is 3.19. The van der Waals surface area contributed by atoms with E-state index < -0.39 is 0 Å². The normalized spacial score (nSPS) is 25.3. The fraction of sp³-hybridized carbons (Fsp3) is 0.533. The van der Waals surface area contributed by atoms with Crippen molar-refractivity contribution < 1.29 is 13.9 Å². The van der Waals surface area contributed by atoms with E-state index >= 15 is 0 Å². The van der Waals surface area contributed by atoms with Gasteiger partial charge in [0.1, 0.15) is 6.10 Å². The summed E-state index contributed by atoms with van der Waals surface area (Å²) in [7, 11) is 0. The molecule has 0 amide bonds. The van der Waals surface area contributed by atoms with Gasteiger partial charge in [0.05, 0.1) is 30.5 Å². The van der Waals surface area contributed by atoms with Crippen LogP contribution in [0.15, 0.2) is 29.1 Å². The Balaban J connectivity index is 1.51. The average molecular weight is 274 g/mol. The van der Waals surface area contributed by atoms with Crippen molar-refractivity contribution in [2.45, 2.75) is 44.0 Å². The van der Waals surface area contributed by atoms with Crippen LogP contribution in [0.1, 0.15) is 43.9 Å². The molecule has 2 aromatic rings. The van der Waals surface area contributed by atoms with Crippen molar-refractivity contribution >= 4 is 0 Å². The van der Waals surface area contributed by atoms with Crippen LogP contribution in [-0.4, -0.2) is 22.6 Å². The maximum Gasteiger partial charge on any atom is 0.169 e. The first-order chi connectivity index (χ1) is 9.85. The van der Waals surface area contributed by atoms with E-state index in [9.17, 15) is 0 Å². The van der Waals surface area contributed by atoms with E-state index in [1.165, 1.54) is 19.3 Å². The van der Waals surface area contributed by atoms with Crippen LogP contribution in [0.3, 0.4) is 0 Å². The van der Waals surface area contributed by atoms with Crippen molar-refractivity contribution in [3.8, 4) is 11.3 Å². The molecular formula is C15H18N2O3. The summed E-state index contributed by atoms with van der Waals surface area (Å²) in [4.78, 5) is 0. The van der Waals surface area contributed by atoms with Crippen molar-refractivity contribution in [1.29, 1.82) is 0 Å². The molecule has 5 heteroatoms. The van der Waals surface area contributed by atoms with Crippen molar-refractivity contribution in [2.75, 3.05) is 6.61 Å². The molecule has 1 spiro atoms. The molecule has 1 unspecified atom stereocenters. The number of aromatic amines is 1. The summed E-state index contributed by atoms with van der Waals surface area (Å²) in [5, 5.41) is 7.38. The van der Waals surface area contributed by atoms with Gasteiger partial charge in [-0.3, -0.25) is 5.10 Å². The standard InChI is InChI=1S/C15H18N2O3/c1-2-5-15(6-3-1)19-10-14(20-15)13-8-12(16-17-13)11-4-7-18-9-11/h4,7-9,14H,1-3,5-6,10H2,(H,16,17). The molecule has 1 saturated heterocycles. The smallest absolute Gasteiger partial charge is 0.169 e. The van der Waals surface area contributed by atoms with Gasteiger partial charge in [0.15, 0.2) is 5.79 Å². The second-order valence-electron chi connectivity index (χ2n) is 5.61. The molecule has 106 valence electrons. The molecule has 4 rings (SSSR count). The van der Waals surface area contributed by atoms with Gasteiger partial charge in [-0.05, 0) is 25.0 Å². The van der Waals surface area contributed by atoms with E-state index in [4.69, 9.17) is 13.9 Å². The number of hydrogen-bond acceptors (Lipinski definition) is 4. The summed E-state index contributed by atoms with van der Waals surface area (Å²) in [6.07, 6.45) is 8.98. The van der Waals surface area contributed by atoms with Gasteiger partial charge in [0.2, 0.25) is 0 Å². The Morgan fingerprint density at radius 1 is 1.25 bits per heavy atom. The zero-order valence-electron chi connectivity index (χ0n) is 11.3. The summed E-state index contributed by atoms with van der Waals surface area (Å²) in [5.41, 5.74) is 2.82. The van der Waals surface area contributed by atoms with Crippen LogP contribution in [-0.2, 0) is 9.47 Å². The Morgan fingerprint density at radius 2 is 2.15 bits per heavy atom. The lowest BCUT2D eigenvalue weighted by molar-refractivity contribution is -0.188. The molecular weight excluding hydrogens is 256 g/mol. The fourth-order valence-electron chi connectivity index (χ4n) is 3.12. The fourth-order valence-corrected chi connectivity index (χ4v) is 3.12. The van der Waals surface area contributed by atoms with Crippen LogP contribution in [0.25, 0.3) is 11.3 Å². The zero-order chi connectivity index (χ0) is 13.4. The monoisotopic (exact) mass is 274 g/mol. The molecule has 1 aliphatic heterocycles. The highest BCUT2D eigenvalue weighted by molar-refractivity contribution is 5.57. The van der Waals surface area contributed by atoms with E-state index in [2.05, 4.69) is 10.2 Å². The van der Waals surface area contributed by atoms with Crippen LogP contribution in [0.2, 0.25) is 0 Å². The third-order valence-electron chi connectivity index (χ3n) is 4.23.